The smallest absolute Gasteiger partial charge is 0.377 e. The first-order valence-corrected chi connectivity index (χ1v) is 11.1. The molecule has 3 amide bonds. The number of amides is 3. The fraction of sp³-hybridized carbons (Fsp3) is 0.636. The average molecular weight is 454 g/mol. The van der Waals surface area contributed by atoms with Crippen molar-refractivity contribution in [1.82, 2.24) is 20.4 Å². The van der Waals surface area contributed by atoms with Crippen LogP contribution >= 0.6 is 0 Å². The topological polar surface area (TPSA) is 73.9 Å². The van der Waals surface area contributed by atoms with Crippen LogP contribution in [-0.4, -0.2) is 73.7 Å². The number of fused-ring (bicyclic) bond motifs is 1. The Labute approximate surface area is 185 Å². The van der Waals surface area contributed by atoms with Gasteiger partial charge in [-0.25, -0.2) is 4.79 Å². The largest absolute Gasteiger partial charge is 0.416 e. The molecule has 4 rings (SSSR count). The van der Waals surface area contributed by atoms with E-state index in [1.54, 1.807) is 11.0 Å². The minimum Gasteiger partial charge on any atom is -0.377 e. The van der Waals surface area contributed by atoms with Crippen LogP contribution in [0.2, 0.25) is 0 Å². The molecule has 3 atom stereocenters. The molecule has 3 saturated heterocycles. The number of likely N-dealkylation sites (tertiary alicyclic amines) is 1. The van der Waals surface area contributed by atoms with Crippen molar-refractivity contribution in [2.24, 2.45) is 11.8 Å². The van der Waals surface area contributed by atoms with Crippen molar-refractivity contribution in [2.45, 2.75) is 31.7 Å². The number of nitrogens with zero attached hydrogens (tertiary/aromatic N) is 2. The summed E-state index contributed by atoms with van der Waals surface area (Å²) >= 11 is 0. The summed E-state index contributed by atoms with van der Waals surface area (Å²) in [6.07, 6.45) is -3.32. The Balaban J connectivity index is 1.22. The molecule has 0 unspecified atom stereocenters. The molecular formula is C22H29F3N4O3. The first-order valence-electron chi connectivity index (χ1n) is 11.1. The van der Waals surface area contributed by atoms with Gasteiger partial charge in [-0.15, -0.1) is 0 Å². The Kier molecular flexibility index (Phi) is 6.90. The van der Waals surface area contributed by atoms with Crippen LogP contribution in [0.4, 0.5) is 18.0 Å². The number of alkyl halides is 3. The van der Waals surface area contributed by atoms with Gasteiger partial charge in [0.15, 0.2) is 0 Å². The molecular weight excluding hydrogens is 425 g/mol. The van der Waals surface area contributed by atoms with Gasteiger partial charge >= 0.3 is 12.2 Å². The highest BCUT2D eigenvalue weighted by molar-refractivity contribution is 5.77. The zero-order chi connectivity index (χ0) is 22.7. The molecule has 1 aromatic carbocycles. The van der Waals surface area contributed by atoms with Crippen LogP contribution in [0.3, 0.4) is 0 Å². The fourth-order valence-electron chi connectivity index (χ4n) is 4.93. The van der Waals surface area contributed by atoms with Gasteiger partial charge in [0.2, 0.25) is 5.91 Å². The summed E-state index contributed by atoms with van der Waals surface area (Å²) in [4.78, 5) is 27.7. The zero-order valence-corrected chi connectivity index (χ0v) is 17.9. The number of carbonyl (C=O) groups excluding carboxylic acids is 2. The van der Waals surface area contributed by atoms with Crippen molar-refractivity contribution < 1.29 is 27.5 Å². The molecule has 10 heteroatoms. The average Bonchev–Trinajstić information content (AvgIpc) is 3.33. The maximum atomic E-state index is 13.0. The third-order valence-electron chi connectivity index (χ3n) is 6.57. The predicted octanol–water partition coefficient (Wildman–Crippen LogP) is 2.07. The van der Waals surface area contributed by atoms with E-state index in [2.05, 4.69) is 15.5 Å². The Morgan fingerprint density at radius 2 is 2.12 bits per heavy atom. The Bertz CT molecular complexity index is 835. The first kappa shape index (κ1) is 22.8. The van der Waals surface area contributed by atoms with Crippen LogP contribution in [0.25, 0.3) is 0 Å². The van der Waals surface area contributed by atoms with Crippen molar-refractivity contribution >= 4 is 11.9 Å². The lowest BCUT2D eigenvalue weighted by atomic mass is 9.83. The maximum absolute atomic E-state index is 13.0. The van der Waals surface area contributed by atoms with Gasteiger partial charge in [-0.1, -0.05) is 18.2 Å². The zero-order valence-electron chi connectivity index (χ0n) is 17.9. The SMILES string of the molecule is O=C(C[C@@H]1OC[C@H]2CN(Cc3cccc(C(F)(F)F)c3)CC[C@H]21)NCCN1CCNC1=O. The molecule has 3 aliphatic heterocycles. The van der Waals surface area contributed by atoms with Gasteiger partial charge in [0.05, 0.1) is 24.7 Å². The van der Waals surface area contributed by atoms with Gasteiger partial charge in [0.1, 0.15) is 0 Å². The summed E-state index contributed by atoms with van der Waals surface area (Å²) in [6.45, 7) is 4.75. The van der Waals surface area contributed by atoms with Gasteiger partial charge in [0.25, 0.3) is 0 Å². The van der Waals surface area contributed by atoms with Crippen molar-refractivity contribution in [2.75, 3.05) is 45.9 Å². The van der Waals surface area contributed by atoms with Crippen molar-refractivity contribution in [3.63, 3.8) is 0 Å². The molecule has 1 aromatic rings. The molecule has 176 valence electrons. The number of ether oxygens (including phenoxy) is 1. The van der Waals surface area contributed by atoms with E-state index >= 15 is 0 Å². The maximum Gasteiger partial charge on any atom is 0.416 e. The number of benzene rings is 1. The minimum absolute atomic E-state index is 0.0818. The highest BCUT2D eigenvalue weighted by Crippen LogP contribution is 2.36. The first-order chi connectivity index (χ1) is 15.3. The molecule has 0 aromatic heterocycles. The van der Waals surface area contributed by atoms with Crippen molar-refractivity contribution in [1.29, 1.82) is 0 Å². The van der Waals surface area contributed by atoms with Crippen LogP contribution in [0.5, 0.6) is 0 Å². The standard InChI is InChI=1S/C22H29F3N4O3/c23-22(24,25)17-3-1-2-15(10-17)12-28-7-4-18-16(13-28)14-32-19(18)11-20(30)26-5-8-29-9-6-27-21(29)31/h1-3,10,16,18-19H,4-9,11-14H2,(H,26,30)(H,27,31)/t16-,18-,19+/m1/s1. The number of urea groups is 1. The molecule has 0 spiro atoms. The lowest BCUT2D eigenvalue weighted by Gasteiger charge is -2.35. The summed E-state index contributed by atoms with van der Waals surface area (Å²) in [5.41, 5.74) is 0.0327. The highest BCUT2D eigenvalue weighted by atomic mass is 19.4. The second-order valence-corrected chi connectivity index (χ2v) is 8.79. The molecule has 3 aliphatic rings. The van der Waals surface area contributed by atoms with Crippen molar-refractivity contribution in [3.8, 4) is 0 Å². The Morgan fingerprint density at radius 3 is 2.88 bits per heavy atom. The monoisotopic (exact) mass is 454 g/mol. The second-order valence-electron chi connectivity index (χ2n) is 8.79. The van der Waals surface area contributed by atoms with E-state index in [0.717, 1.165) is 25.6 Å². The third kappa shape index (κ3) is 5.53. The van der Waals surface area contributed by atoms with Crippen LogP contribution in [-0.2, 0) is 22.3 Å². The predicted molar refractivity (Wildman–Crippen MR) is 111 cm³/mol. The normalized spacial score (nSPS) is 26.2. The minimum atomic E-state index is -4.34. The lowest BCUT2D eigenvalue weighted by molar-refractivity contribution is -0.137. The van der Waals surface area contributed by atoms with E-state index in [0.29, 0.717) is 51.3 Å². The van der Waals surface area contributed by atoms with Gasteiger partial charge < -0.3 is 20.3 Å². The van der Waals surface area contributed by atoms with Gasteiger partial charge in [-0.2, -0.15) is 13.2 Å². The summed E-state index contributed by atoms with van der Waals surface area (Å²) in [7, 11) is 0. The molecule has 2 N–H and O–H groups in total. The van der Waals surface area contributed by atoms with Crippen LogP contribution in [0.1, 0.15) is 24.0 Å². The number of rotatable bonds is 7. The summed E-state index contributed by atoms with van der Waals surface area (Å²) in [5, 5.41) is 5.59. The van der Waals surface area contributed by atoms with Crippen LogP contribution in [0.15, 0.2) is 24.3 Å². The van der Waals surface area contributed by atoms with Gasteiger partial charge in [0, 0.05) is 45.2 Å². The third-order valence-corrected chi connectivity index (χ3v) is 6.57. The molecule has 0 bridgehead atoms. The Morgan fingerprint density at radius 1 is 1.28 bits per heavy atom. The molecule has 0 aliphatic carbocycles. The second kappa shape index (κ2) is 9.66. The Hall–Kier alpha value is -2.33. The van der Waals surface area contributed by atoms with Crippen LogP contribution in [0, 0.1) is 11.8 Å². The lowest BCUT2D eigenvalue weighted by Crippen LogP contribution is -2.42. The molecule has 0 radical (unpaired) electrons. The highest BCUT2D eigenvalue weighted by Gasteiger charge is 2.41. The summed E-state index contributed by atoms with van der Waals surface area (Å²) in [6, 6.07) is 5.39. The molecule has 0 saturated carbocycles. The molecule has 7 nitrogen and oxygen atoms in total. The number of halogens is 3. The van der Waals surface area contributed by atoms with Gasteiger partial charge in [-0.05, 0) is 30.5 Å². The van der Waals surface area contributed by atoms with Crippen molar-refractivity contribution in [3.05, 3.63) is 35.4 Å². The van der Waals surface area contributed by atoms with E-state index in [1.807, 2.05) is 0 Å². The fourth-order valence-corrected chi connectivity index (χ4v) is 4.93. The number of hydrogen-bond acceptors (Lipinski definition) is 4. The van der Waals surface area contributed by atoms with Gasteiger partial charge in [-0.3, -0.25) is 9.69 Å². The number of carbonyl (C=O) groups is 2. The summed E-state index contributed by atoms with van der Waals surface area (Å²) < 4.78 is 44.8. The number of piperidine rings is 1. The number of hydrogen-bond donors (Lipinski definition) is 2. The van der Waals surface area contributed by atoms with E-state index in [9.17, 15) is 22.8 Å². The quantitative estimate of drug-likeness (QED) is 0.662. The molecule has 3 fully saturated rings. The number of nitrogens with one attached hydrogen (secondary N) is 2. The summed E-state index contributed by atoms with van der Waals surface area (Å²) in [5.74, 6) is 0.477. The van der Waals surface area contributed by atoms with E-state index in [-0.39, 0.29) is 29.9 Å². The van der Waals surface area contributed by atoms with Crippen LogP contribution < -0.4 is 10.6 Å². The molecule has 32 heavy (non-hydrogen) atoms. The van der Waals surface area contributed by atoms with E-state index < -0.39 is 11.7 Å². The van der Waals surface area contributed by atoms with E-state index in [1.165, 1.54) is 12.1 Å². The van der Waals surface area contributed by atoms with E-state index in [4.69, 9.17) is 4.74 Å². The molecule has 3 heterocycles.